The van der Waals surface area contributed by atoms with Crippen molar-refractivity contribution in [1.82, 2.24) is 0 Å². The van der Waals surface area contributed by atoms with Gasteiger partial charge >= 0.3 is 0 Å². The molecule has 0 aliphatic carbocycles. The Balaban J connectivity index is 2.33. The van der Waals surface area contributed by atoms with E-state index in [1.54, 1.807) is 18.2 Å². The molecule has 0 aliphatic rings. The zero-order chi connectivity index (χ0) is 15.0. The fourth-order valence-electron chi connectivity index (χ4n) is 2.18. The van der Waals surface area contributed by atoms with E-state index in [1.165, 1.54) is 31.4 Å². The average molecular weight is 284 g/mol. The van der Waals surface area contributed by atoms with E-state index in [4.69, 9.17) is 9.15 Å². The molecule has 1 aromatic heterocycles. The SMILES string of the molecule is COc1cc(O)c2c(=O)cc(-c3ccccc3O)oc2c1. The second-order valence-electron chi connectivity index (χ2n) is 4.51. The maximum Gasteiger partial charge on any atom is 0.197 e. The zero-order valence-electron chi connectivity index (χ0n) is 11.2. The molecule has 106 valence electrons. The number of hydrogen-bond donors (Lipinski definition) is 2. The van der Waals surface area contributed by atoms with Crippen LogP contribution >= 0.6 is 0 Å². The van der Waals surface area contributed by atoms with Crippen LogP contribution in [0.5, 0.6) is 17.2 Å². The topological polar surface area (TPSA) is 79.9 Å². The number of para-hydroxylation sites is 1. The lowest BCUT2D eigenvalue weighted by atomic mass is 10.1. The lowest BCUT2D eigenvalue weighted by Gasteiger charge is -2.07. The summed E-state index contributed by atoms with van der Waals surface area (Å²) in [7, 11) is 1.45. The number of hydrogen-bond acceptors (Lipinski definition) is 5. The zero-order valence-corrected chi connectivity index (χ0v) is 11.2. The summed E-state index contributed by atoms with van der Waals surface area (Å²) in [5.74, 6) is 0.393. The molecule has 3 aromatic rings. The molecule has 0 saturated carbocycles. The van der Waals surface area contributed by atoms with Crippen molar-refractivity contribution in [2.24, 2.45) is 0 Å². The van der Waals surface area contributed by atoms with Crippen LogP contribution in [0.1, 0.15) is 0 Å². The van der Waals surface area contributed by atoms with Gasteiger partial charge in [-0.2, -0.15) is 0 Å². The Labute approximate surface area is 119 Å². The van der Waals surface area contributed by atoms with E-state index in [9.17, 15) is 15.0 Å². The highest BCUT2D eigenvalue weighted by Gasteiger charge is 2.14. The van der Waals surface area contributed by atoms with Crippen molar-refractivity contribution in [3.63, 3.8) is 0 Å². The highest BCUT2D eigenvalue weighted by atomic mass is 16.5. The minimum atomic E-state index is -0.394. The Morgan fingerprint density at radius 2 is 1.81 bits per heavy atom. The molecular weight excluding hydrogens is 272 g/mol. The number of methoxy groups -OCH3 is 1. The summed E-state index contributed by atoms with van der Waals surface area (Å²) in [6.07, 6.45) is 0. The van der Waals surface area contributed by atoms with Crippen LogP contribution in [0.3, 0.4) is 0 Å². The molecule has 0 radical (unpaired) electrons. The van der Waals surface area contributed by atoms with Gasteiger partial charge in [-0.05, 0) is 12.1 Å². The third kappa shape index (κ3) is 2.18. The Morgan fingerprint density at radius 3 is 2.52 bits per heavy atom. The predicted molar refractivity (Wildman–Crippen MR) is 77.8 cm³/mol. The van der Waals surface area contributed by atoms with E-state index in [0.29, 0.717) is 11.3 Å². The highest BCUT2D eigenvalue weighted by Crippen LogP contribution is 2.33. The Morgan fingerprint density at radius 1 is 1.05 bits per heavy atom. The first kappa shape index (κ1) is 13.1. The minimum Gasteiger partial charge on any atom is -0.507 e. The lowest BCUT2D eigenvalue weighted by molar-refractivity contribution is 0.408. The summed E-state index contributed by atoms with van der Waals surface area (Å²) >= 11 is 0. The van der Waals surface area contributed by atoms with Crippen molar-refractivity contribution in [3.8, 4) is 28.6 Å². The van der Waals surface area contributed by atoms with Crippen LogP contribution in [0.4, 0.5) is 0 Å². The van der Waals surface area contributed by atoms with E-state index in [1.807, 2.05) is 0 Å². The first-order valence-electron chi connectivity index (χ1n) is 6.23. The van der Waals surface area contributed by atoms with E-state index in [-0.39, 0.29) is 28.2 Å². The van der Waals surface area contributed by atoms with Crippen LogP contribution in [0.2, 0.25) is 0 Å². The van der Waals surface area contributed by atoms with Gasteiger partial charge in [0, 0.05) is 18.2 Å². The monoisotopic (exact) mass is 284 g/mol. The molecule has 0 fully saturated rings. The molecule has 3 rings (SSSR count). The molecule has 0 atom stereocenters. The standard InChI is InChI=1S/C16H12O5/c1-20-9-6-12(18)16-13(19)8-14(21-15(16)7-9)10-4-2-3-5-11(10)17/h2-8,17-18H,1H3. The van der Waals surface area contributed by atoms with Crippen molar-refractivity contribution in [2.75, 3.05) is 7.11 Å². The van der Waals surface area contributed by atoms with Gasteiger partial charge in [0.25, 0.3) is 0 Å². The van der Waals surface area contributed by atoms with Gasteiger partial charge in [-0.15, -0.1) is 0 Å². The molecule has 2 N–H and O–H groups in total. The van der Waals surface area contributed by atoms with Crippen LogP contribution in [0.25, 0.3) is 22.3 Å². The van der Waals surface area contributed by atoms with Crippen molar-refractivity contribution in [3.05, 3.63) is 52.7 Å². The maximum atomic E-state index is 12.2. The van der Waals surface area contributed by atoms with Crippen LogP contribution in [-0.4, -0.2) is 17.3 Å². The van der Waals surface area contributed by atoms with Gasteiger partial charge in [-0.25, -0.2) is 0 Å². The van der Waals surface area contributed by atoms with Gasteiger partial charge in [0.2, 0.25) is 0 Å². The van der Waals surface area contributed by atoms with Crippen molar-refractivity contribution in [2.45, 2.75) is 0 Å². The minimum absolute atomic E-state index is 0.00659. The van der Waals surface area contributed by atoms with Crippen molar-refractivity contribution in [1.29, 1.82) is 0 Å². The van der Waals surface area contributed by atoms with Crippen LogP contribution in [-0.2, 0) is 0 Å². The van der Waals surface area contributed by atoms with Crippen molar-refractivity contribution >= 4 is 11.0 Å². The molecule has 0 unspecified atom stereocenters. The molecule has 2 aromatic carbocycles. The number of fused-ring (bicyclic) bond motifs is 1. The number of benzene rings is 2. The van der Waals surface area contributed by atoms with Gasteiger partial charge in [0.1, 0.15) is 34.0 Å². The summed E-state index contributed by atoms with van der Waals surface area (Å²) in [6.45, 7) is 0. The van der Waals surface area contributed by atoms with E-state index in [0.717, 1.165) is 0 Å². The second-order valence-corrected chi connectivity index (χ2v) is 4.51. The Kier molecular flexibility index (Phi) is 3.02. The quantitative estimate of drug-likeness (QED) is 0.756. The van der Waals surface area contributed by atoms with E-state index < -0.39 is 5.43 Å². The summed E-state index contributed by atoms with van der Waals surface area (Å²) in [4.78, 5) is 12.2. The third-order valence-corrected chi connectivity index (χ3v) is 3.19. The van der Waals surface area contributed by atoms with E-state index >= 15 is 0 Å². The van der Waals surface area contributed by atoms with Gasteiger partial charge < -0.3 is 19.4 Å². The van der Waals surface area contributed by atoms with Crippen molar-refractivity contribution < 1.29 is 19.4 Å². The molecule has 1 heterocycles. The van der Waals surface area contributed by atoms with Gasteiger partial charge in [0.15, 0.2) is 5.43 Å². The van der Waals surface area contributed by atoms with Gasteiger partial charge in [-0.3, -0.25) is 4.79 Å². The average Bonchev–Trinajstić information content (AvgIpc) is 2.46. The predicted octanol–water partition coefficient (Wildman–Crippen LogP) is 2.88. The summed E-state index contributed by atoms with van der Waals surface area (Å²) < 4.78 is 10.7. The van der Waals surface area contributed by atoms with Crippen LogP contribution < -0.4 is 10.2 Å². The number of ether oxygens (including phenoxy) is 1. The largest absolute Gasteiger partial charge is 0.507 e. The molecule has 21 heavy (non-hydrogen) atoms. The van der Waals surface area contributed by atoms with Gasteiger partial charge in [0.05, 0.1) is 12.7 Å². The fourth-order valence-corrected chi connectivity index (χ4v) is 2.18. The molecule has 0 spiro atoms. The molecular formula is C16H12O5. The molecule has 0 bridgehead atoms. The first-order valence-corrected chi connectivity index (χ1v) is 6.23. The first-order chi connectivity index (χ1) is 10.1. The molecule has 0 amide bonds. The molecule has 5 nitrogen and oxygen atoms in total. The Hall–Kier alpha value is -2.95. The maximum absolute atomic E-state index is 12.2. The highest BCUT2D eigenvalue weighted by molar-refractivity contribution is 5.86. The van der Waals surface area contributed by atoms with E-state index in [2.05, 4.69) is 0 Å². The molecule has 0 aliphatic heterocycles. The van der Waals surface area contributed by atoms with Crippen LogP contribution in [0.15, 0.2) is 51.7 Å². The third-order valence-electron chi connectivity index (χ3n) is 3.19. The number of phenols is 2. The normalized spacial score (nSPS) is 10.7. The number of phenolic OH excluding ortho intramolecular Hbond substituents is 2. The molecule has 0 saturated heterocycles. The number of rotatable bonds is 2. The Bertz CT molecular complexity index is 879. The smallest absolute Gasteiger partial charge is 0.197 e. The lowest BCUT2D eigenvalue weighted by Crippen LogP contribution is -2.01. The second kappa shape index (κ2) is 4.86. The fraction of sp³-hybridized carbons (Fsp3) is 0.0625. The summed E-state index contributed by atoms with van der Waals surface area (Å²) in [5.41, 5.74) is 0.200. The van der Waals surface area contributed by atoms with Gasteiger partial charge in [-0.1, -0.05) is 12.1 Å². The summed E-state index contributed by atoms with van der Waals surface area (Å²) in [6, 6.07) is 10.6. The van der Waals surface area contributed by atoms with Crippen LogP contribution in [0, 0.1) is 0 Å². The number of aromatic hydroxyl groups is 2. The summed E-state index contributed by atoms with van der Waals surface area (Å²) in [5, 5.41) is 19.8. The molecule has 5 heteroatoms.